The van der Waals surface area contributed by atoms with Gasteiger partial charge in [-0.1, -0.05) is 0 Å². The summed E-state index contributed by atoms with van der Waals surface area (Å²) >= 11 is 0. The number of piperazine rings is 1. The zero-order chi connectivity index (χ0) is 14.7. The summed E-state index contributed by atoms with van der Waals surface area (Å²) in [6.45, 7) is 4.26. The van der Waals surface area contributed by atoms with Gasteiger partial charge in [0.05, 0.1) is 12.6 Å². The molecule has 1 fully saturated rings. The number of aliphatic hydroxyl groups excluding tert-OH is 1. The maximum Gasteiger partial charge on any atom is 0.225 e. The molecular formula is C14H18N6O. The van der Waals surface area contributed by atoms with Crippen molar-refractivity contribution in [3.63, 3.8) is 0 Å². The molecule has 21 heavy (non-hydrogen) atoms. The van der Waals surface area contributed by atoms with E-state index in [-0.39, 0.29) is 12.6 Å². The summed E-state index contributed by atoms with van der Waals surface area (Å²) in [5, 5.41) is 9.68. The highest BCUT2D eigenvalue weighted by Crippen LogP contribution is 2.19. The first-order valence-electron chi connectivity index (χ1n) is 6.95. The monoisotopic (exact) mass is 286 g/mol. The van der Waals surface area contributed by atoms with Crippen LogP contribution in [0.4, 0.5) is 11.8 Å². The predicted octanol–water partition coefficient (Wildman–Crippen LogP) is 0.263. The lowest BCUT2D eigenvalue weighted by molar-refractivity contribution is 0.252. The van der Waals surface area contributed by atoms with Crippen LogP contribution in [0.15, 0.2) is 31.0 Å². The summed E-state index contributed by atoms with van der Waals surface area (Å²) in [4.78, 5) is 21.1. The van der Waals surface area contributed by atoms with E-state index in [1.165, 1.54) is 6.33 Å². The molecule has 110 valence electrons. The van der Waals surface area contributed by atoms with Crippen molar-refractivity contribution >= 4 is 11.8 Å². The van der Waals surface area contributed by atoms with Gasteiger partial charge in [0.2, 0.25) is 5.95 Å². The van der Waals surface area contributed by atoms with E-state index < -0.39 is 0 Å². The van der Waals surface area contributed by atoms with Crippen molar-refractivity contribution in [2.75, 3.05) is 36.0 Å². The number of aromatic nitrogens is 4. The lowest BCUT2D eigenvalue weighted by atomic mass is 10.2. The largest absolute Gasteiger partial charge is 0.394 e. The maximum atomic E-state index is 9.68. The van der Waals surface area contributed by atoms with Gasteiger partial charge in [0.1, 0.15) is 12.1 Å². The molecule has 1 saturated heterocycles. The first-order valence-corrected chi connectivity index (χ1v) is 6.95. The van der Waals surface area contributed by atoms with Crippen molar-refractivity contribution in [1.29, 1.82) is 0 Å². The van der Waals surface area contributed by atoms with Crippen LogP contribution in [0.2, 0.25) is 0 Å². The third kappa shape index (κ3) is 2.92. The van der Waals surface area contributed by atoms with Crippen LogP contribution in [0.5, 0.6) is 0 Å². The lowest BCUT2D eigenvalue weighted by Crippen LogP contribution is -2.55. The van der Waals surface area contributed by atoms with E-state index in [2.05, 4.69) is 29.7 Å². The standard InChI is InChI=1S/C14H18N6O/c1-11-6-16-14(17-7-11)19-4-5-20(12(8-19)9-21)13-2-3-15-10-18-13/h2-3,6-7,10,12,21H,4-5,8-9H2,1H3. The fraction of sp³-hybridized carbons (Fsp3) is 0.429. The second-order valence-corrected chi connectivity index (χ2v) is 5.10. The summed E-state index contributed by atoms with van der Waals surface area (Å²) in [5.74, 6) is 1.55. The van der Waals surface area contributed by atoms with Crippen LogP contribution in [0.3, 0.4) is 0 Å². The minimum Gasteiger partial charge on any atom is -0.394 e. The molecule has 2 aromatic heterocycles. The molecule has 1 aliphatic heterocycles. The molecule has 0 radical (unpaired) electrons. The van der Waals surface area contributed by atoms with Crippen LogP contribution in [-0.2, 0) is 0 Å². The molecule has 0 aromatic carbocycles. The van der Waals surface area contributed by atoms with E-state index in [9.17, 15) is 5.11 Å². The number of hydrogen-bond donors (Lipinski definition) is 1. The van der Waals surface area contributed by atoms with Crippen LogP contribution in [0.1, 0.15) is 5.56 Å². The van der Waals surface area contributed by atoms with E-state index in [0.29, 0.717) is 12.5 Å². The quantitative estimate of drug-likeness (QED) is 0.867. The lowest BCUT2D eigenvalue weighted by Gasteiger charge is -2.41. The highest BCUT2D eigenvalue weighted by Gasteiger charge is 2.28. The normalized spacial score (nSPS) is 18.9. The third-order valence-electron chi connectivity index (χ3n) is 3.60. The van der Waals surface area contributed by atoms with Gasteiger partial charge in [-0.3, -0.25) is 0 Å². The molecule has 3 heterocycles. The minimum atomic E-state index is -0.0291. The number of anilines is 2. The number of aliphatic hydroxyl groups is 1. The predicted molar refractivity (Wildman–Crippen MR) is 79.2 cm³/mol. The highest BCUT2D eigenvalue weighted by molar-refractivity contribution is 5.43. The van der Waals surface area contributed by atoms with Crippen LogP contribution in [-0.4, -0.2) is 57.3 Å². The Morgan fingerprint density at radius 2 is 2.05 bits per heavy atom. The van der Waals surface area contributed by atoms with Crippen molar-refractivity contribution < 1.29 is 5.11 Å². The molecule has 1 atom stereocenters. The SMILES string of the molecule is Cc1cnc(N2CCN(c3ccncn3)C(CO)C2)nc1. The Bertz CT molecular complexity index is 576. The molecule has 0 aliphatic carbocycles. The molecular weight excluding hydrogens is 268 g/mol. The second kappa shape index (κ2) is 6.01. The van der Waals surface area contributed by atoms with Crippen LogP contribution >= 0.6 is 0 Å². The van der Waals surface area contributed by atoms with Gasteiger partial charge >= 0.3 is 0 Å². The fourth-order valence-electron chi connectivity index (χ4n) is 2.50. The van der Waals surface area contributed by atoms with Crippen LogP contribution in [0.25, 0.3) is 0 Å². The zero-order valence-corrected chi connectivity index (χ0v) is 11.9. The summed E-state index contributed by atoms with van der Waals surface area (Å²) in [7, 11) is 0. The zero-order valence-electron chi connectivity index (χ0n) is 11.9. The summed E-state index contributed by atoms with van der Waals surface area (Å²) in [6.07, 6.45) is 6.87. The molecule has 1 aliphatic rings. The highest BCUT2D eigenvalue weighted by atomic mass is 16.3. The topological polar surface area (TPSA) is 78.3 Å². The second-order valence-electron chi connectivity index (χ2n) is 5.10. The van der Waals surface area contributed by atoms with Gasteiger partial charge < -0.3 is 14.9 Å². The van der Waals surface area contributed by atoms with Crippen molar-refractivity contribution in [3.8, 4) is 0 Å². The smallest absolute Gasteiger partial charge is 0.225 e. The minimum absolute atomic E-state index is 0.0291. The van der Waals surface area contributed by atoms with E-state index in [1.54, 1.807) is 6.20 Å². The van der Waals surface area contributed by atoms with Crippen LogP contribution in [0, 0.1) is 6.92 Å². The molecule has 0 bridgehead atoms. The Labute approximate surface area is 123 Å². The Balaban J connectivity index is 1.76. The van der Waals surface area contributed by atoms with Crippen LogP contribution < -0.4 is 9.80 Å². The molecule has 1 N–H and O–H groups in total. The van der Waals surface area contributed by atoms with E-state index >= 15 is 0 Å². The Hall–Kier alpha value is -2.28. The van der Waals surface area contributed by atoms with E-state index in [0.717, 1.165) is 24.5 Å². The van der Waals surface area contributed by atoms with Gasteiger partial charge in [-0.25, -0.2) is 19.9 Å². The van der Waals surface area contributed by atoms with Crippen molar-refractivity contribution in [3.05, 3.63) is 36.5 Å². The number of aryl methyl sites for hydroxylation is 1. The van der Waals surface area contributed by atoms with E-state index in [4.69, 9.17) is 0 Å². The molecule has 0 amide bonds. The van der Waals surface area contributed by atoms with Crippen molar-refractivity contribution in [2.24, 2.45) is 0 Å². The molecule has 7 nitrogen and oxygen atoms in total. The Kier molecular flexibility index (Phi) is 3.92. The van der Waals surface area contributed by atoms with Gasteiger partial charge in [0.25, 0.3) is 0 Å². The first-order chi connectivity index (χ1) is 10.3. The van der Waals surface area contributed by atoms with E-state index in [1.807, 2.05) is 25.4 Å². The number of rotatable bonds is 3. The molecule has 0 saturated carbocycles. The molecule has 0 spiro atoms. The van der Waals surface area contributed by atoms with Gasteiger partial charge in [-0.2, -0.15) is 0 Å². The van der Waals surface area contributed by atoms with Crippen molar-refractivity contribution in [2.45, 2.75) is 13.0 Å². The molecule has 7 heteroatoms. The summed E-state index contributed by atoms with van der Waals surface area (Å²) in [5.41, 5.74) is 1.04. The molecule has 2 aromatic rings. The molecule has 1 unspecified atom stereocenters. The van der Waals surface area contributed by atoms with Gasteiger partial charge in [0.15, 0.2) is 0 Å². The first kappa shape index (κ1) is 13.7. The third-order valence-corrected chi connectivity index (χ3v) is 3.60. The average molecular weight is 286 g/mol. The number of hydrogen-bond acceptors (Lipinski definition) is 7. The van der Waals surface area contributed by atoms with Crippen molar-refractivity contribution in [1.82, 2.24) is 19.9 Å². The average Bonchev–Trinajstić information content (AvgIpc) is 2.56. The summed E-state index contributed by atoms with van der Waals surface area (Å²) in [6, 6.07) is 1.83. The van der Waals surface area contributed by atoms with Gasteiger partial charge in [-0.15, -0.1) is 0 Å². The Morgan fingerprint density at radius 1 is 1.24 bits per heavy atom. The number of nitrogens with zero attached hydrogens (tertiary/aromatic N) is 6. The fourth-order valence-corrected chi connectivity index (χ4v) is 2.50. The van der Waals surface area contributed by atoms with Gasteiger partial charge in [0, 0.05) is 38.2 Å². The Morgan fingerprint density at radius 3 is 2.71 bits per heavy atom. The van der Waals surface area contributed by atoms with Gasteiger partial charge in [-0.05, 0) is 18.6 Å². The molecule has 3 rings (SSSR count). The maximum absolute atomic E-state index is 9.68. The summed E-state index contributed by atoms with van der Waals surface area (Å²) < 4.78 is 0.